The summed E-state index contributed by atoms with van der Waals surface area (Å²) in [6.07, 6.45) is 0.125. The fourth-order valence-electron chi connectivity index (χ4n) is 1.57. The number of para-hydroxylation sites is 1. The molecule has 1 aromatic rings. The number of hydrogen-bond acceptors (Lipinski definition) is 4. The van der Waals surface area contributed by atoms with E-state index in [9.17, 15) is 13.2 Å². The van der Waals surface area contributed by atoms with Crippen molar-refractivity contribution in [2.24, 2.45) is 0 Å². The molecule has 0 spiro atoms. The standard InChI is InChI=1S/C12H14N2O4S/c1-3-9(7-13)19(17,18)14-11-8(2)5-4-6-10(11)12(15)16/h4-6,9,14H,3H2,1-2H3,(H,15,16). The van der Waals surface area contributed by atoms with Gasteiger partial charge in [0.05, 0.1) is 17.3 Å². The number of rotatable bonds is 5. The summed E-state index contributed by atoms with van der Waals surface area (Å²) in [6.45, 7) is 3.17. The van der Waals surface area contributed by atoms with Gasteiger partial charge in [-0.3, -0.25) is 4.72 Å². The van der Waals surface area contributed by atoms with Crippen molar-refractivity contribution in [3.63, 3.8) is 0 Å². The third-order valence-electron chi connectivity index (χ3n) is 2.64. The van der Waals surface area contributed by atoms with Crippen molar-refractivity contribution in [1.82, 2.24) is 0 Å². The molecule has 102 valence electrons. The minimum Gasteiger partial charge on any atom is -0.478 e. The van der Waals surface area contributed by atoms with Crippen molar-refractivity contribution in [3.8, 4) is 6.07 Å². The Labute approximate surface area is 111 Å². The van der Waals surface area contributed by atoms with Gasteiger partial charge in [0.2, 0.25) is 10.0 Å². The third kappa shape index (κ3) is 3.23. The number of carboxylic acid groups (broad SMARTS) is 1. The summed E-state index contributed by atoms with van der Waals surface area (Å²) in [5.74, 6) is -1.23. The lowest BCUT2D eigenvalue weighted by atomic mass is 10.1. The summed E-state index contributed by atoms with van der Waals surface area (Å²) in [7, 11) is -3.93. The maximum Gasteiger partial charge on any atom is 0.337 e. The number of carbonyl (C=O) groups is 1. The first-order valence-electron chi connectivity index (χ1n) is 5.57. The quantitative estimate of drug-likeness (QED) is 0.855. The summed E-state index contributed by atoms with van der Waals surface area (Å²) in [6, 6.07) is 6.11. The van der Waals surface area contributed by atoms with E-state index < -0.39 is 21.2 Å². The number of carboxylic acids is 1. The van der Waals surface area contributed by atoms with Crippen LogP contribution in [0.4, 0.5) is 5.69 Å². The fourth-order valence-corrected chi connectivity index (χ4v) is 2.85. The van der Waals surface area contributed by atoms with Crippen LogP contribution < -0.4 is 4.72 Å². The predicted octanol–water partition coefficient (Wildman–Crippen LogP) is 1.74. The average molecular weight is 282 g/mol. The van der Waals surface area contributed by atoms with Gasteiger partial charge in [-0.25, -0.2) is 13.2 Å². The Balaban J connectivity index is 3.28. The molecule has 0 saturated heterocycles. The van der Waals surface area contributed by atoms with E-state index in [4.69, 9.17) is 10.4 Å². The highest BCUT2D eigenvalue weighted by Gasteiger charge is 2.25. The van der Waals surface area contributed by atoms with Crippen molar-refractivity contribution in [2.75, 3.05) is 4.72 Å². The first kappa shape index (κ1) is 15.0. The minimum atomic E-state index is -3.93. The Morgan fingerprint density at radius 2 is 2.16 bits per heavy atom. The molecule has 1 aromatic carbocycles. The summed E-state index contributed by atoms with van der Waals surface area (Å²) < 4.78 is 26.1. The molecule has 1 rings (SSSR count). The van der Waals surface area contributed by atoms with Crippen LogP contribution in [0.15, 0.2) is 18.2 Å². The summed E-state index contributed by atoms with van der Waals surface area (Å²) in [4.78, 5) is 11.1. The van der Waals surface area contributed by atoms with Gasteiger partial charge < -0.3 is 5.11 Å². The van der Waals surface area contributed by atoms with Crippen LogP contribution in [0.5, 0.6) is 0 Å². The molecule has 1 unspecified atom stereocenters. The Kier molecular flexibility index (Phi) is 4.51. The molecule has 0 aliphatic rings. The lowest BCUT2D eigenvalue weighted by Gasteiger charge is -2.15. The van der Waals surface area contributed by atoms with Crippen LogP contribution in [0.3, 0.4) is 0 Å². The number of anilines is 1. The molecule has 0 amide bonds. The largest absolute Gasteiger partial charge is 0.478 e. The van der Waals surface area contributed by atoms with Crippen molar-refractivity contribution < 1.29 is 18.3 Å². The molecule has 0 bridgehead atoms. The molecule has 0 aromatic heterocycles. The number of nitriles is 1. The zero-order chi connectivity index (χ0) is 14.6. The number of aryl methyl sites for hydroxylation is 1. The Morgan fingerprint density at radius 3 is 2.63 bits per heavy atom. The Morgan fingerprint density at radius 1 is 1.53 bits per heavy atom. The van der Waals surface area contributed by atoms with E-state index in [1.165, 1.54) is 12.1 Å². The number of aromatic carboxylic acids is 1. The van der Waals surface area contributed by atoms with Gasteiger partial charge in [-0.15, -0.1) is 0 Å². The molecular weight excluding hydrogens is 268 g/mol. The van der Waals surface area contributed by atoms with Gasteiger partial charge in [0.25, 0.3) is 0 Å². The van der Waals surface area contributed by atoms with Gasteiger partial charge in [-0.1, -0.05) is 19.1 Å². The second kappa shape index (κ2) is 5.71. The van der Waals surface area contributed by atoms with Gasteiger partial charge in [0, 0.05) is 0 Å². The van der Waals surface area contributed by atoms with Crippen molar-refractivity contribution >= 4 is 21.7 Å². The van der Waals surface area contributed by atoms with Crippen molar-refractivity contribution in [1.29, 1.82) is 5.26 Å². The maximum atomic E-state index is 12.0. The van der Waals surface area contributed by atoms with Gasteiger partial charge in [0.1, 0.15) is 0 Å². The summed E-state index contributed by atoms with van der Waals surface area (Å²) in [5.41, 5.74) is 0.344. The van der Waals surface area contributed by atoms with Crippen LogP contribution in [0, 0.1) is 18.3 Å². The van der Waals surface area contributed by atoms with Crippen LogP contribution in [0.2, 0.25) is 0 Å². The molecule has 0 radical (unpaired) electrons. The summed E-state index contributed by atoms with van der Waals surface area (Å²) in [5, 5.41) is 16.6. The van der Waals surface area contributed by atoms with Crippen LogP contribution in [-0.4, -0.2) is 24.7 Å². The van der Waals surface area contributed by atoms with Crippen molar-refractivity contribution in [2.45, 2.75) is 25.5 Å². The van der Waals surface area contributed by atoms with Crippen LogP contribution in [0.25, 0.3) is 0 Å². The van der Waals surface area contributed by atoms with E-state index in [0.717, 1.165) is 0 Å². The molecule has 0 aliphatic carbocycles. The van der Waals surface area contributed by atoms with Gasteiger partial charge in [-0.2, -0.15) is 5.26 Å². The van der Waals surface area contributed by atoms with E-state index in [1.807, 2.05) is 0 Å². The van der Waals surface area contributed by atoms with E-state index in [2.05, 4.69) is 4.72 Å². The zero-order valence-corrected chi connectivity index (χ0v) is 11.4. The SMILES string of the molecule is CCC(C#N)S(=O)(=O)Nc1c(C)cccc1C(=O)O. The molecule has 0 fully saturated rings. The number of nitrogens with one attached hydrogen (secondary N) is 1. The molecule has 19 heavy (non-hydrogen) atoms. The van der Waals surface area contributed by atoms with E-state index >= 15 is 0 Å². The predicted molar refractivity (Wildman–Crippen MR) is 70.4 cm³/mol. The second-order valence-electron chi connectivity index (χ2n) is 3.98. The van der Waals surface area contributed by atoms with Crippen molar-refractivity contribution in [3.05, 3.63) is 29.3 Å². The molecule has 0 aliphatic heterocycles. The molecule has 0 saturated carbocycles. The number of sulfonamides is 1. The van der Waals surface area contributed by atoms with Gasteiger partial charge in [-0.05, 0) is 25.0 Å². The highest BCUT2D eigenvalue weighted by atomic mass is 32.2. The number of nitrogens with zero attached hydrogens (tertiary/aromatic N) is 1. The first-order chi connectivity index (χ1) is 8.83. The zero-order valence-electron chi connectivity index (χ0n) is 10.5. The van der Waals surface area contributed by atoms with E-state index in [-0.39, 0.29) is 17.7 Å². The molecule has 6 nitrogen and oxygen atoms in total. The van der Waals surface area contributed by atoms with Crippen LogP contribution in [0.1, 0.15) is 29.3 Å². The van der Waals surface area contributed by atoms with Crippen LogP contribution >= 0.6 is 0 Å². The lowest BCUT2D eigenvalue weighted by molar-refractivity contribution is 0.0698. The smallest absolute Gasteiger partial charge is 0.337 e. The molecule has 2 N–H and O–H groups in total. The number of benzene rings is 1. The first-order valence-corrected chi connectivity index (χ1v) is 7.12. The molecular formula is C12H14N2O4S. The highest BCUT2D eigenvalue weighted by Crippen LogP contribution is 2.23. The molecule has 7 heteroatoms. The topological polar surface area (TPSA) is 107 Å². The second-order valence-corrected chi connectivity index (χ2v) is 5.84. The normalized spacial score (nSPS) is 12.5. The Bertz CT molecular complexity index is 632. The molecule has 0 heterocycles. The Hall–Kier alpha value is -2.07. The number of hydrogen-bond donors (Lipinski definition) is 2. The van der Waals surface area contributed by atoms with Gasteiger partial charge >= 0.3 is 5.97 Å². The minimum absolute atomic E-state index is 0.00343. The maximum absolute atomic E-state index is 12.0. The highest BCUT2D eigenvalue weighted by molar-refractivity contribution is 7.93. The van der Waals surface area contributed by atoms with E-state index in [1.54, 1.807) is 26.0 Å². The monoisotopic (exact) mass is 282 g/mol. The van der Waals surface area contributed by atoms with E-state index in [0.29, 0.717) is 5.56 Å². The molecule has 1 atom stereocenters. The third-order valence-corrected chi connectivity index (χ3v) is 4.31. The van der Waals surface area contributed by atoms with Crippen LogP contribution in [-0.2, 0) is 10.0 Å². The fraction of sp³-hybridized carbons (Fsp3) is 0.333. The average Bonchev–Trinajstić information content (AvgIpc) is 2.32. The summed E-state index contributed by atoms with van der Waals surface area (Å²) >= 11 is 0. The van der Waals surface area contributed by atoms with Gasteiger partial charge in [0.15, 0.2) is 5.25 Å². The lowest BCUT2D eigenvalue weighted by Crippen LogP contribution is -2.27.